The Hall–Kier alpha value is -0.570. The highest BCUT2D eigenvalue weighted by Crippen LogP contribution is 2.63. The van der Waals surface area contributed by atoms with Crippen LogP contribution in [0.25, 0.3) is 0 Å². The van der Waals surface area contributed by atoms with Crippen LogP contribution in [0.1, 0.15) is 40.0 Å². The van der Waals surface area contributed by atoms with E-state index in [1.165, 1.54) is 0 Å². The van der Waals surface area contributed by atoms with Crippen molar-refractivity contribution in [3.05, 3.63) is 0 Å². The topological polar surface area (TPSA) is 46.5 Å². The first-order valence-corrected chi connectivity index (χ1v) is 6.42. The quantitative estimate of drug-likeness (QED) is 0.746. The van der Waals surface area contributed by atoms with Gasteiger partial charge in [-0.15, -0.1) is 0 Å². The van der Waals surface area contributed by atoms with Crippen LogP contribution in [0.3, 0.4) is 0 Å². The van der Waals surface area contributed by atoms with Crippen molar-refractivity contribution >= 4 is 5.97 Å². The van der Waals surface area contributed by atoms with E-state index in [0.717, 1.165) is 19.3 Å². The molecule has 0 aliphatic heterocycles. The fourth-order valence-electron chi connectivity index (χ4n) is 3.27. The van der Waals surface area contributed by atoms with Crippen LogP contribution in [0.5, 0.6) is 0 Å². The van der Waals surface area contributed by atoms with E-state index in [0.29, 0.717) is 24.4 Å². The van der Waals surface area contributed by atoms with Gasteiger partial charge in [-0.2, -0.15) is 0 Å². The molecule has 2 rings (SSSR count). The van der Waals surface area contributed by atoms with Crippen molar-refractivity contribution < 1.29 is 14.6 Å². The monoisotopic (exact) mass is 226 g/mol. The van der Waals surface area contributed by atoms with Crippen LogP contribution < -0.4 is 0 Å². The molecule has 1 N–H and O–H groups in total. The normalized spacial score (nSPS) is 42.6. The number of carbonyl (C=O) groups is 1. The molecule has 16 heavy (non-hydrogen) atoms. The average molecular weight is 226 g/mol. The highest BCUT2D eigenvalue weighted by molar-refractivity contribution is 5.77. The Labute approximate surface area is 97.2 Å². The third-order valence-corrected chi connectivity index (χ3v) is 4.60. The minimum atomic E-state index is -0.521. The SMILES string of the molecule is CCOC(=O)C1C2CC(O)(C(C)CC)CC21. The summed E-state index contributed by atoms with van der Waals surface area (Å²) in [6, 6.07) is 0. The maximum absolute atomic E-state index is 11.6. The van der Waals surface area contributed by atoms with Gasteiger partial charge in [0.1, 0.15) is 0 Å². The molecule has 0 bridgehead atoms. The van der Waals surface area contributed by atoms with Gasteiger partial charge in [-0.1, -0.05) is 20.3 Å². The van der Waals surface area contributed by atoms with E-state index in [1.807, 2.05) is 6.92 Å². The van der Waals surface area contributed by atoms with Gasteiger partial charge in [0.25, 0.3) is 0 Å². The number of carbonyl (C=O) groups excluding carboxylic acids is 1. The molecule has 0 aromatic heterocycles. The average Bonchev–Trinajstić information content (AvgIpc) is 2.77. The predicted molar refractivity (Wildman–Crippen MR) is 60.7 cm³/mol. The first-order chi connectivity index (χ1) is 7.53. The predicted octanol–water partition coefficient (Wildman–Crippen LogP) is 1.98. The lowest BCUT2D eigenvalue weighted by Gasteiger charge is -2.31. The standard InChI is InChI=1S/C13H22O3/c1-4-8(3)13(15)6-9-10(7-13)11(9)12(14)16-5-2/h8-11,15H,4-7H2,1-3H3. The zero-order valence-electron chi connectivity index (χ0n) is 10.4. The van der Waals surface area contributed by atoms with E-state index >= 15 is 0 Å². The van der Waals surface area contributed by atoms with Crippen molar-refractivity contribution in [1.29, 1.82) is 0 Å². The molecule has 0 aromatic rings. The van der Waals surface area contributed by atoms with Crippen molar-refractivity contribution in [3.63, 3.8) is 0 Å². The molecular formula is C13H22O3. The maximum Gasteiger partial charge on any atom is 0.309 e. The molecule has 2 saturated carbocycles. The van der Waals surface area contributed by atoms with Crippen molar-refractivity contribution in [1.82, 2.24) is 0 Å². The highest BCUT2D eigenvalue weighted by Gasteiger charge is 2.65. The van der Waals surface area contributed by atoms with Crippen LogP contribution >= 0.6 is 0 Å². The Morgan fingerprint density at radius 3 is 2.44 bits per heavy atom. The molecule has 2 aliphatic rings. The van der Waals surface area contributed by atoms with Gasteiger partial charge in [-0.05, 0) is 37.5 Å². The molecule has 3 unspecified atom stereocenters. The van der Waals surface area contributed by atoms with Crippen molar-refractivity contribution in [2.24, 2.45) is 23.7 Å². The second kappa shape index (κ2) is 4.02. The molecule has 3 nitrogen and oxygen atoms in total. The molecular weight excluding hydrogens is 204 g/mol. The first-order valence-electron chi connectivity index (χ1n) is 6.42. The van der Waals surface area contributed by atoms with Gasteiger partial charge in [0.2, 0.25) is 0 Å². The molecule has 0 aromatic carbocycles. The van der Waals surface area contributed by atoms with Gasteiger partial charge in [-0.25, -0.2) is 0 Å². The summed E-state index contributed by atoms with van der Waals surface area (Å²) in [7, 11) is 0. The van der Waals surface area contributed by atoms with Crippen LogP contribution in [-0.2, 0) is 9.53 Å². The number of hydrogen-bond acceptors (Lipinski definition) is 3. The van der Waals surface area contributed by atoms with Gasteiger partial charge in [-0.3, -0.25) is 4.79 Å². The second-order valence-corrected chi connectivity index (χ2v) is 5.43. The Bertz CT molecular complexity index is 275. The van der Waals surface area contributed by atoms with Gasteiger partial charge < -0.3 is 9.84 Å². The van der Waals surface area contributed by atoms with Gasteiger partial charge in [0, 0.05) is 0 Å². The zero-order valence-corrected chi connectivity index (χ0v) is 10.4. The summed E-state index contributed by atoms with van der Waals surface area (Å²) < 4.78 is 5.04. The number of rotatable bonds is 4. The van der Waals surface area contributed by atoms with E-state index in [9.17, 15) is 9.90 Å². The van der Waals surface area contributed by atoms with Crippen molar-refractivity contribution in [2.75, 3.05) is 6.61 Å². The smallest absolute Gasteiger partial charge is 0.309 e. The number of esters is 1. The Morgan fingerprint density at radius 1 is 1.44 bits per heavy atom. The molecule has 92 valence electrons. The number of hydrogen-bond donors (Lipinski definition) is 1. The van der Waals surface area contributed by atoms with Crippen LogP contribution in [0.2, 0.25) is 0 Å². The van der Waals surface area contributed by atoms with Crippen LogP contribution in [0.15, 0.2) is 0 Å². The Kier molecular flexibility index (Phi) is 2.99. The molecule has 0 heterocycles. The molecule has 0 spiro atoms. The van der Waals surface area contributed by atoms with Crippen LogP contribution in [0, 0.1) is 23.7 Å². The summed E-state index contributed by atoms with van der Waals surface area (Å²) in [4.78, 5) is 11.6. The lowest BCUT2D eigenvalue weighted by molar-refractivity contribution is -0.146. The number of fused-ring (bicyclic) bond motifs is 1. The lowest BCUT2D eigenvalue weighted by atomic mass is 9.82. The van der Waals surface area contributed by atoms with E-state index in [1.54, 1.807) is 0 Å². The number of ether oxygens (including phenoxy) is 1. The summed E-state index contributed by atoms with van der Waals surface area (Å²) in [5, 5.41) is 10.4. The highest BCUT2D eigenvalue weighted by atomic mass is 16.5. The molecule has 3 heteroatoms. The second-order valence-electron chi connectivity index (χ2n) is 5.43. The summed E-state index contributed by atoms with van der Waals surface area (Å²) in [5.74, 6) is 1.15. The maximum atomic E-state index is 11.6. The molecule has 3 atom stereocenters. The van der Waals surface area contributed by atoms with Crippen molar-refractivity contribution in [3.8, 4) is 0 Å². The molecule has 0 radical (unpaired) electrons. The Balaban J connectivity index is 1.90. The van der Waals surface area contributed by atoms with E-state index in [4.69, 9.17) is 4.74 Å². The fraction of sp³-hybridized carbons (Fsp3) is 0.923. The van der Waals surface area contributed by atoms with Crippen LogP contribution in [0.4, 0.5) is 0 Å². The van der Waals surface area contributed by atoms with Gasteiger partial charge >= 0.3 is 5.97 Å². The van der Waals surface area contributed by atoms with E-state index in [-0.39, 0.29) is 11.9 Å². The minimum Gasteiger partial charge on any atom is -0.466 e. The third kappa shape index (κ3) is 1.75. The largest absolute Gasteiger partial charge is 0.466 e. The summed E-state index contributed by atoms with van der Waals surface area (Å²) in [6.45, 7) is 6.51. The Morgan fingerprint density at radius 2 is 2.00 bits per heavy atom. The lowest BCUT2D eigenvalue weighted by Crippen LogP contribution is -2.35. The molecule has 0 amide bonds. The minimum absolute atomic E-state index is 0.0521. The summed E-state index contributed by atoms with van der Waals surface area (Å²) in [6.07, 6.45) is 2.58. The first kappa shape index (κ1) is 11.9. The molecule has 2 fully saturated rings. The van der Waals surface area contributed by atoms with Gasteiger partial charge in [0.05, 0.1) is 18.1 Å². The number of aliphatic hydroxyl groups is 1. The third-order valence-electron chi connectivity index (χ3n) is 4.60. The molecule has 0 saturated heterocycles. The summed E-state index contributed by atoms with van der Waals surface area (Å²) in [5.41, 5.74) is -0.521. The molecule has 2 aliphatic carbocycles. The van der Waals surface area contributed by atoms with E-state index < -0.39 is 5.60 Å². The summed E-state index contributed by atoms with van der Waals surface area (Å²) >= 11 is 0. The fourth-order valence-corrected chi connectivity index (χ4v) is 3.27. The zero-order chi connectivity index (χ0) is 11.9. The van der Waals surface area contributed by atoms with Gasteiger partial charge in [0.15, 0.2) is 0 Å². The van der Waals surface area contributed by atoms with E-state index in [2.05, 4.69) is 13.8 Å². The van der Waals surface area contributed by atoms with Crippen LogP contribution in [-0.4, -0.2) is 23.3 Å². The van der Waals surface area contributed by atoms with Crippen molar-refractivity contribution in [2.45, 2.75) is 45.6 Å².